The minimum atomic E-state index is -0.478. The molecular weight excluding hydrogens is 448 g/mol. The minimum Gasteiger partial charge on any atom is -0.493 e. The summed E-state index contributed by atoms with van der Waals surface area (Å²) < 4.78 is 28.9. The summed E-state index contributed by atoms with van der Waals surface area (Å²) in [6.45, 7) is 2.05. The van der Waals surface area contributed by atoms with Crippen LogP contribution in [-0.4, -0.2) is 44.1 Å². The number of methoxy groups -OCH3 is 2. The summed E-state index contributed by atoms with van der Waals surface area (Å²) in [5, 5.41) is 0. The van der Waals surface area contributed by atoms with E-state index in [0.717, 1.165) is 10.3 Å². The van der Waals surface area contributed by atoms with Crippen molar-refractivity contribution in [1.82, 2.24) is 4.57 Å². The third kappa shape index (κ3) is 4.85. The number of aromatic nitrogens is 1. The molecule has 0 atom stereocenters. The lowest BCUT2D eigenvalue weighted by atomic mass is 10.2. The molecule has 0 spiro atoms. The number of ether oxygens (including phenoxy) is 5. The molecule has 9 nitrogen and oxygen atoms in total. The third-order valence-corrected chi connectivity index (χ3v) is 5.84. The minimum absolute atomic E-state index is 0.0843. The van der Waals surface area contributed by atoms with Crippen molar-refractivity contribution in [2.45, 2.75) is 13.5 Å². The molecule has 2 aromatic carbocycles. The molecule has 1 aliphatic heterocycles. The number of thiazole rings is 1. The van der Waals surface area contributed by atoms with Gasteiger partial charge in [0.2, 0.25) is 6.79 Å². The first-order valence-electron chi connectivity index (χ1n) is 10.1. The molecule has 0 unspecified atom stereocenters. The van der Waals surface area contributed by atoms with Crippen molar-refractivity contribution in [3.8, 4) is 23.0 Å². The van der Waals surface area contributed by atoms with Gasteiger partial charge in [0.15, 0.2) is 27.8 Å². The molecule has 1 aliphatic rings. The summed E-state index contributed by atoms with van der Waals surface area (Å²) >= 11 is 1.27. The average Bonchev–Trinajstić information content (AvgIpc) is 3.40. The van der Waals surface area contributed by atoms with E-state index in [9.17, 15) is 9.59 Å². The van der Waals surface area contributed by atoms with Crippen LogP contribution in [0.3, 0.4) is 0 Å². The number of hydrogen-bond acceptors (Lipinski definition) is 8. The molecule has 2 heterocycles. The van der Waals surface area contributed by atoms with E-state index in [0.29, 0.717) is 33.3 Å². The fourth-order valence-corrected chi connectivity index (χ4v) is 4.33. The maximum atomic E-state index is 12.6. The maximum absolute atomic E-state index is 12.6. The highest BCUT2D eigenvalue weighted by Gasteiger charge is 2.19. The Bertz CT molecular complexity index is 1310. The smallest absolute Gasteiger partial charge is 0.326 e. The van der Waals surface area contributed by atoms with E-state index in [2.05, 4.69) is 4.99 Å². The van der Waals surface area contributed by atoms with E-state index in [1.807, 2.05) is 6.07 Å². The van der Waals surface area contributed by atoms with Crippen LogP contribution in [0.5, 0.6) is 23.0 Å². The molecule has 0 bridgehead atoms. The van der Waals surface area contributed by atoms with Crippen LogP contribution in [-0.2, 0) is 20.9 Å². The summed E-state index contributed by atoms with van der Waals surface area (Å²) in [7, 11) is 3.10. The highest BCUT2D eigenvalue weighted by Crippen LogP contribution is 2.37. The molecule has 3 aromatic rings. The monoisotopic (exact) mass is 470 g/mol. The molecule has 10 heteroatoms. The number of nitrogens with zero attached hydrogens (tertiary/aromatic N) is 2. The fourth-order valence-electron chi connectivity index (χ4n) is 3.29. The topological polar surface area (TPSA) is 97.6 Å². The van der Waals surface area contributed by atoms with Crippen molar-refractivity contribution in [1.29, 1.82) is 0 Å². The fraction of sp³-hybridized carbons (Fsp3) is 0.261. The van der Waals surface area contributed by atoms with Crippen LogP contribution < -0.4 is 23.7 Å². The van der Waals surface area contributed by atoms with Gasteiger partial charge >= 0.3 is 5.97 Å². The number of fused-ring (bicyclic) bond motifs is 2. The quantitative estimate of drug-likeness (QED) is 0.386. The molecule has 0 aliphatic carbocycles. The van der Waals surface area contributed by atoms with E-state index in [1.165, 1.54) is 17.4 Å². The number of carbonyl (C=O) groups is 2. The standard InChI is InChI=1S/C23H22N2O7S/c1-4-30-22(27)12-25-15-10-18-19(32-13-31-18)11-20(15)33-23(25)24-21(26)8-6-14-5-7-16(28-2)17(9-14)29-3/h5-11H,4,12-13H2,1-3H3/b8-6-,24-23?. The molecular formula is C23H22N2O7S. The van der Waals surface area contributed by atoms with Crippen molar-refractivity contribution in [3.05, 3.63) is 46.8 Å². The zero-order valence-corrected chi connectivity index (χ0v) is 19.1. The molecule has 0 saturated carbocycles. The normalized spacial score (nSPS) is 13.0. The van der Waals surface area contributed by atoms with Gasteiger partial charge in [-0.25, -0.2) is 0 Å². The summed E-state index contributed by atoms with van der Waals surface area (Å²) in [6, 6.07) is 8.89. The second kappa shape index (κ2) is 9.78. The van der Waals surface area contributed by atoms with Crippen LogP contribution in [0.4, 0.5) is 0 Å². The lowest BCUT2D eigenvalue weighted by Gasteiger charge is -2.07. The highest BCUT2D eigenvalue weighted by molar-refractivity contribution is 7.16. The van der Waals surface area contributed by atoms with Crippen LogP contribution >= 0.6 is 11.3 Å². The molecule has 0 fully saturated rings. The molecule has 172 valence electrons. The summed E-state index contributed by atoms with van der Waals surface area (Å²) in [6.07, 6.45) is 2.99. The molecule has 1 aromatic heterocycles. The number of esters is 1. The van der Waals surface area contributed by atoms with E-state index in [1.54, 1.807) is 56.1 Å². The van der Waals surface area contributed by atoms with E-state index >= 15 is 0 Å². The van der Waals surface area contributed by atoms with Crippen molar-refractivity contribution in [2.75, 3.05) is 27.6 Å². The maximum Gasteiger partial charge on any atom is 0.326 e. The van der Waals surface area contributed by atoms with Gasteiger partial charge in [0.25, 0.3) is 5.91 Å². The summed E-state index contributed by atoms with van der Waals surface area (Å²) in [4.78, 5) is 29.4. The Labute approximate surface area is 193 Å². The van der Waals surface area contributed by atoms with Crippen LogP contribution in [0, 0.1) is 0 Å². The molecule has 4 rings (SSSR count). The van der Waals surface area contributed by atoms with Gasteiger partial charge in [-0.1, -0.05) is 17.4 Å². The Kier molecular flexibility index (Phi) is 6.64. The number of hydrogen-bond donors (Lipinski definition) is 0. The number of carbonyl (C=O) groups excluding carboxylic acids is 2. The van der Waals surface area contributed by atoms with Crippen LogP contribution in [0.1, 0.15) is 12.5 Å². The van der Waals surface area contributed by atoms with Crippen LogP contribution in [0.25, 0.3) is 16.3 Å². The second-order valence-corrected chi connectivity index (χ2v) is 7.86. The third-order valence-electron chi connectivity index (χ3n) is 4.80. The zero-order valence-electron chi connectivity index (χ0n) is 18.3. The van der Waals surface area contributed by atoms with E-state index < -0.39 is 11.9 Å². The predicted molar refractivity (Wildman–Crippen MR) is 122 cm³/mol. The van der Waals surface area contributed by atoms with Gasteiger partial charge in [-0.05, 0) is 30.7 Å². The lowest BCUT2D eigenvalue weighted by molar-refractivity contribution is -0.143. The molecule has 0 saturated heterocycles. The number of benzene rings is 2. The van der Waals surface area contributed by atoms with Crippen molar-refractivity contribution >= 4 is 39.5 Å². The Hall–Kier alpha value is -3.79. The van der Waals surface area contributed by atoms with Crippen molar-refractivity contribution in [3.63, 3.8) is 0 Å². The van der Waals surface area contributed by atoms with Crippen LogP contribution in [0.15, 0.2) is 41.4 Å². The average molecular weight is 471 g/mol. The molecule has 1 amide bonds. The Morgan fingerprint density at radius 1 is 1.12 bits per heavy atom. The SMILES string of the molecule is CCOC(=O)Cn1c(=NC(=O)/C=C\c2ccc(OC)c(OC)c2)sc2cc3c(cc21)OCO3. The summed E-state index contributed by atoms with van der Waals surface area (Å²) in [5.74, 6) is 1.43. The van der Waals surface area contributed by atoms with Crippen molar-refractivity contribution < 1.29 is 33.3 Å². The second-order valence-electron chi connectivity index (χ2n) is 6.85. The highest BCUT2D eigenvalue weighted by atomic mass is 32.1. The first-order valence-corrected chi connectivity index (χ1v) is 10.9. The van der Waals surface area contributed by atoms with Gasteiger partial charge in [-0.2, -0.15) is 4.99 Å². The van der Waals surface area contributed by atoms with E-state index in [-0.39, 0.29) is 19.9 Å². The van der Waals surface area contributed by atoms with Gasteiger partial charge in [-0.15, -0.1) is 0 Å². The number of amides is 1. The van der Waals surface area contributed by atoms with Gasteiger partial charge in [0.1, 0.15) is 6.54 Å². The predicted octanol–water partition coefficient (Wildman–Crippen LogP) is 3.15. The first-order chi connectivity index (χ1) is 16.0. The Morgan fingerprint density at radius 3 is 2.61 bits per heavy atom. The van der Waals surface area contributed by atoms with Gasteiger partial charge in [-0.3, -0.25) is 9.59 Å². The lowest BCUT2D eigenvalue weighted by Crippen LogP contribution is -2.22. The van der Waals surface area contributed by atoms with E-state index in [4.69, 9.17) is 23.7 Å². The van der Waals surface area contributed by atoms with Crippen molar-refractivity contribution in [2.24, 2.45) is 4.99 Å². The number of rotatable bonds is 7. The Balaban J connectivity index is 1.68. The van der Waals surface area contributed by atoms with Gasteiger partial charge < -0.3 is 28.3 Å². The molecule has 0 N–H and O–H groups in total. The molecule has 33 heavy (non-hydrogen) atoms. The Morgan fingerprint density at radius 2 is 1.88 bits per heavy atom. The largest absolute Gasteiger partial charge is 0.493 e. The van der Waals surface area contributed by atoms with Gasteiger partial charge in [0, 0.05) is 18.2 Å². The molecule has 0 radical (unpaired) electrons. The first kappa shape index (κ1) is 22.4. The van der Waals surface area contributed by atoms with Crippen LogP contribution in [0.2, 0.25) is 0 Å². The zero-order chi connectivity index (χ0) is 23.4. The summed E-state index contributed by atoms with van der Waals surface area (Å²) in [5.41, 5.74) is 1.45. The van der Waals surface area contributed by atoms with Gasteiger partial charge in [0.05, 0.1) is 31.0 Å².